The van der Waals surface area contributed by atoms with Crippen LogP contribution in [-0.2, 0) is 6.54 Å². The van der Waals surface area contributed by atoms with Crippen molar-refractivity contribution < 1.29 is 4.39 Å². The van der Waals surface area contributed by atoms with Gasteiger partial charge in [-0.05, 0) is 29.8 Å². The zero-order valence-electron chi connectivity index (χ0n) is 9.18. The molecule has 0 atom stereocenters. The first-order valence-electron chi connectivity index (χ1n) is 5.20. The first kappa shape index (κ1) is 13.7. The number of halogens is 4. The van der Waals surface area contributed by atoms with E-state index in [4.69, 9.17) is 23.2 Å². The summed E-state index contributed by atoms with van der Waals surface area (Å²) in [5.41, 5.74) is 1.36. The molecule has 5 heteroatoms. The largest absolute Gasteiger partial charge is 0.379 e. The van der Waals surface area contributed by atoms with E-state index >= 15 is 0 Å². The lowest BCUT2D eigenvalue weighted by Gasteiger charge is -2.10. The average molecular weight is 349 g/mol. The predicted octanol–water partition coefficient (Wildman–Crippen LogP) is 5.51. The Morgan fingerprint density at radius 1 is 1.17 bits per heavy atom. The highest BCUT2D eigenvalue weighted by Gasteiger charge is 2.06. The molecule has 1 N–H and O–H groups in total. The zero-order valence-corrected chi connectivity index (χ0v) is 12.3. The third-order valence-corrected chi connectivity index (χ3v) is 3.70. The molecule has 0 radical (unpaired) electrons. The lowest BCUT2D eigenvalue weighted by atomic mass is 10.2. The van der Waals surface area contributed by atoms with Gasteiger partial charge in [0.1, 0.15) is 0 Å². The van der Waals surface area contributed by atoms with Crippen molar-refractivity contribution in [2.45, 2.75) is 6.54 Å². The summed E-state index contributed by atoms with van der Waals surface area (Å²) in [5, 5.41) is 3.76. The van der Waals surface area contributed by atoms with E-state index in [1.807, 2.05) is 6.07 Å². The minimum atomic E-state index is -0.441. The summed E-state index contributed by atoms with van der Waals surface area (Å²) < 4.78 is 14.5. The standard InChI is InChI=1S/C13H9BrCl2FN/c14-10-6-9(15)5-4-8(10)7-18-12-3-1-2-11(16)13(12)17/h1-6,18H,7H2. The molecule has 94 valence electrons. The molecule has 0 unspecified atom stereocenters. The number of anilines is 1. The van der Waals surface area contributed by atoms with E-state index < -0.39 is 5.82 Å². The van der Waals surface area contributed by atoms with Gasteiger partial charge >= 0.3 is 0 Å². The molecule has 0 heterocycles. The molecule has 18 heavy (non-hydrogen) atoms. The second-order valence-electron chi connectivity index (χ2n) is 3.69. The fourth-order valence-corrected chi connectivity index (χ4v) is 2.49. The predicted molar refractivity (Wildman–Crippen MR) is 77.9 cm³/mol. The highest BCUT2D eigenvalue weighted by molar-refractivity contribution is 9.10. The molecule has 0 amide bonds. The molecule has 0 aliphatic rings. The van der Waals surface area contributed by atoms with Crippen LogP contribution in [0.3, 0.4) is 0 Å². The highest BCUT2D eigenvalue weighted by Crippen LogP contribution is 2.25. The van der Waals surface area contributed by atoms with Crippen LogP contribution in [0, 0.1) is 5.82 Å². The van der Waals surface area contributed by atoms with Crippen molar-refractivity contribution in [2.75, 3.05) is 5.32 Å². The Labute approximate surface area is 123 Å². The molecule has 1 nitrogen and oxygen atoms in total. The Kier molecular flexibility index (Phi) is 4.49. The van der Waals surface area contributed by atoms with Crippen LogP contribution in [0.2, 0.25) is 10.0 Å². The van der Waals surface area contributed by atoms with E-state index in [1.54, 1.807) is 24.3 Å². The van der Waals surface area contributed by atoms with Crippen LogP contribution in [0.4, 0.5) is 10.1 Å². The van der Waals surface area contributed by atoms with Crippen LogP contribution in [0.1, 0.15) is 5.56 Å². The fourth-order valence-electron chi connectivity index (χ4n) is 1.50. The van der Waals surface area contributed by atoms with Crippen molar-refractivity contribution in [2.24, 2.45) is 0 Å². The van der Waals surface area contributed by atoms with Gasteiger partial charge in [0.05, 0.1) is 10.7 Å². The molecule has 0 bridgehead atoms. The molecular weight excluding hydrogens is 340 g/mol. The third-order valence-electron chi connectivity index (χ3n) is 2.44. The molecular formula is C13H9BrCl2FN. The number of rotatable bonds is 3. The summed E-state index contributed by atoms with van der Waals surface area (Å²) in [5.74, 6) is -0.441. The van der Waals surface area contributed by atoms with Crippen molar-refractivity contribution in [1.29, 1.82) is 0 Å². The molecule has 0 aliphatic carbocycles. The van der Waals surface area contributed by atoms with Crippen molar-refractivity contribution in [3.05, 3.63) is 62.3 Å². The maximum absolute atomic E-state index is 13.6. The molecule has 2 aromatic rings. The van der Waals surface area contributed by atoms with Crippen LogP contribution in [0.15, 0.2) is 40.9 Å². The van der Waals surface area contributed by atoms with Gasteiger partial charge in [-0.15, -0.1) is 0 Å². The van der Waals surface area contributed by atoms with Crippen molar-refractivity contribution in [3.63, 3.8) is 0 Å². The summed E-state index contributed by atoms with van der Waals surface area (Å²) >= 11 is 15.0. The molecule has 2 rings (SSSR count). The van der Waals surface area contributed by atoms with Crippen molar-refractivity contribution in [1.82, 2.24) is 0 Å². The zero-order chi connectivity index (χ0) is 13.1. The van der Waals surface area contributed by atoms with Gasteiger partial charge in [-0.2, -0.15) is 0 Å². The topological polar surface area (TPSA) is 12.0 Å². The van der Waals surface area contributed by atoms with Gasteiger partial charge < -0.3 is 5.32 Å². The normalized spacial score (nSPS) is 10.4. The smallest absolute Gasteiger partial charge is 0.164 e. The highest BCUT2D eigenvalue weighted by atomic mass is 79.9. The molecule has 0 saturated carbocycles. The Morgan fingerprint density at radius 2 is 1.94 bits per heavy atom. The van der Waals surface area contributed by atoms with Gasteiger partial charge in [0, 0.05) is 16.0 Å². The summed E-state index contributed by atoms with van der Waals surface area (Å²) in [6, 6.07) is 10.3. The molecule has 0 spiro atoms. The van der Waals surface area contributed by atoms with Gasteiger partial charge in [0.2, 0.25) is 0 Å². The maximum atomic E-state index is 13.6. The van der Waals surface area contributed by atoms with Gasteiger partial charge in [-0.25, -0.2) is 4.39 Å². The van der Waals surface area contributed by atoms with E-state index in [9.17, 15) is 4.39 Å². The minimum Gasteiger partial charge on any atom is -0.379 e. The summed E-state index contributed by atoms with van der Waals surface area (Å²) in [4.78, 5) is 0. The summed E-state index contributed by atoms with van der Waals surface area (Å²) in [7, 11) is 0. The van der Waals surface area contributed by atoms with E-state index in [1.165, 1.54) is 6.07 Å². The van der Waals surface area contributed by atoms with Crippen molar-refractivity contribution in [3.8, 4) is 0 Å². The van der Waals surface area contributed by atoms with Gasteiger partial charge in [-0.1, -0.05) is 51.3 Å². The van der Waals surface area contributed by atoms with Gasteiger partial charge in [0.15, 0.2) is 5.82 Å². The fraction of sp³-hybridized carbons (Fsp3) is 0.0769. The summed E-state index contributed by atoms with van der Waals surface area (Å²) in [6.45, 7) is 0.481. The number of hydrogen-bond donors (Lipinski definition) is 1. The van der Waals surface area contributed by atoms with Gasteiger partial charge in [0.25, 0.3) is 0 Å². The first-order valence-corrected chi connectivity index (χ1v) is 6.74. The van der Waals surface area contributed by atoms with Crippen molar-refractivity contribution >= 4 is 44.8 Å². The SMILES string of the molecule is Fc1c(Cl)cccc1NCc1ccc(Cl)cc1Br. The second-order valence-corrected chi connectivity index (χ2v) is 5.39. The average Bonchev–Trinajstić information content (AvgIpc) is 2.33. The first-order chi connectivity index (χ1) is 8.58. The molecule has 0 saturated heterocycles. The lowest BCUT2D eigenvalue weighted by molar-refractivity contribution is 0.630. The van der Waals surface area contributed by atoms with E-state index in [-0.39, 0.29) is 5.02 Å². The quantitative estimate of drug-likeness (QED) is 0.771. The Morgan fingerprint density at radius 3 is 2.67 bits per heavy atom. The van der Waals surface area contributed by atoms with E-state index in [2.05, 4.69) is 21.2 Å². The summed E-state index contributed by atoms with van der Waals surface area (Å²) in [6.07, 6.45) is 0. The Bertz CT molecular complexity index is 575. The lowest BCUT2D eigenvalue weighted by Crippen LogP contribution is -2.02. The number of nitrogens with one attached hydrogen (secondary N) is 1. The molecule has 0 aliphatic heterocycles. The van der Waals surface area contributed by atoms with Crippen LogP contribution in [0.25, 0.3) is 0 Å². The van der Waals surface area contributed by atoms with Crippen LogP contribution in [-0.4, -0.2) is 0 Å². The van der Waals surface area contributed by atoms with Crippen LogP contribution < -0.4 is 5.32 Å². The Balaban J connectivity index is 2.14. The number of benzene rings is 2. The number of hydrogen-bond acceptors (Lipinski definition) is 1. The van der Waals surface area contributed by atoms with Crippen LogP contribution in [0.5, 0.6) is 0 Å². The second kappa shape index (κ2) is 5.91. The van der Waals surface area contributed by atoms with Gasteiger partial charge in [-0.3, -0.25) is 0 Å². The Hall–Kier alpha value is -0.770. The molecule has 0 fully saturated rings. The monoisotopic (exact) mass is 347 g/mol. The molecule has 0 aromatic heterocycles. The third kappa shape index (κ3) is 3.16. The van der Waals surface area contributed by atoms with E-state index in [0.717, 1.165) is 10.0 Å². The maximum Gasteiger partial charge on any atom is 0.164 e. The van der Waals surface area contributed by atoms with E-state index in [0.29, 0.717) is 17.3 Å². The molecule has 2 aromatic carbocycles. The van der Waals surface area contributed by atoms with Crippen LogP contribution >= 0.6 is 39.1 Å². The minimum absolute atomic E-state index is 0.107.